The predicted octanol–water partition coefficient (Wildman–Crippen LogP) is 1.73. The Bertz CT molecular complexity index is 346. The first-order valence-corrected chi connectivity index (χ1v) is 8.27. The summed E-state index contributed by atoms with van der Waals surface area (Å²) >= 11 is 0. The zero-order valence-corrected chi connectivity index (χ0v) is 11.1. The van der Waals surface area contributed by atoms with Crippen molar-refractivity contribution in [3.05, 3.63) is 0 Å². The molecule has 0 amide bonds. The van der Waals surface area contributed by atoms with Crippen LogP contribution in [0.25, 0.3) is 0 Å². The van der Waals surface area contributed by atoms with Gasteiger partial charge in [-0.15, -0.1) is 0 Å². The number of sulfone groups is 1. The monoisotopic (exact) mass is 245 g/mol. The molecular formula is C12H23NO2S. The molecule has 2 saturated carbocycles. The second kappa shape index (κ2) is 4.30. The van der Waals surface area contributed by atoms with Gasteiger partial charge in [-0.2, -0.15) is 0 Å². The minimum absolute atomic E-state index is 0.106. The van der Waals surface area contributed by atoms with Crippen molar-refractivity contribution in [2.45, 2.75) is 56.7 Å². The summed E-state index contributed by atoms with van der Waals surface area (Å²) in [4.78, 5) is 0. The Labute approximate surface area is 98.9 Å². The van der Waals surface area contributed by atoms with E-state index >= 15 is 0 Å². The summed E-state index contributed by atoms with van der Waals surface area (Å²) in [6.45, 7) is 3.37. The van der Waals surface area contributed by atoms with Gasteiger partial charge in [0.15, 0.2) is 0 Å². The first-order chi connectivity index (χ1) is 7.39. The number of nitrogens with one attached hydrogen (secondary N) is 1. The van der Waals surface area contributed by atoms with Gasteiger partial charge in [-0.1, -0.05) is 13.3 Å². The first-order valence-electron chi connectivity index (χ1n) is 6.31. The van der Waals surface area contributed by atoms with Crippen molar-refractivity contribution in [2.75, 3.05) is 12.8 Å². The van der Waals surface area contributed by atoms with Crippen LogP contribution in [0, 0.1) is 5.41 Å². The van der Waals surface area contributed by atoms with Gasteiger partial charge in [0, 0.05) is 18.8 Å². The van der Waals surface area contributed by atoms with Crippen molar-refractivity contribution < 1.29 is 8.42 Å². The summed E-state index contributed by atoms with van der Waals surface area (Å²) in [6, 6.07) is 0.422. The molecule has 0 radical (unpaired) electrons. The van der Waals surface area contributed by atoms with E-state index in [1.807, 2.05) is 0 Å². The molecule has 2 fully saturated rings. The Morgan fingerprint density at radius 2 is 2.00 bits per heavy atom. The Morgan fingerprint density at radius 3 is 2.56 bits per heavy atom. The van der Waals surface area contributed by atoms with E-state index in [9.17, 15) is 8.42 Å². The quantitative estimate of drug-likeness (QED) is 0.820. The van der Waals surface area contributed by atoms with E-state index in [-0.39, 0.29) is 5.25 Å². The fourth-order valence-corrected chi connectivity index (χ4v) is 3.68. The fourth-order valence-electron chi connectivity index (χ4n) is 2.50. The second-order valence-corrected chi connectivity index (χ2v) is 8.33. The van der Waals surface area contributed by atoms with Gasteiger partial charge in [0.05, 0.1) is 5.25 Å². The molecule has 3 nitrogen and oxygen atoms in total. The average molecular weight is 245 g/mol. The van der Waals surface area contributed by atoms with E-state index < -0.39 is 9.84 Å². The zero-order valence-electron chi connectivity index (χ0n) is 10.3. The molecule has 0 aliphatic heterocycles. The number of hydrogen-bond acceptors (Lipinski definition) is 3. The molecule has 1 N–H and O–H groups in total. The minimum Gasteiger partial charge on any atom is -0.313 e. The third-order valence-corrected chi connectivity index (χ3v) is 5.79. The maximum absolute atomic E-state index is 11.5. The summed E-state index contributed by atoms with van der Waals surface area (Å²) in [6.07, 6.45) is 7.88. The Hall–Kier alpha value is -0.0900. The molecular weight excluding hydrogens is 222 g/mol. The first kappa shape index (κ1) is 12.4. The van der Waals surface area contributed by atoms with Gasteiger partial charge < -0.3 is 5.32 Å². The molecule has 0 aromatic heterocycles. The van der Waals surface area contributed by atoms with Gasteiger partial charge in [0.25, 0.3) is 0 Å². The van der Waals surface area contributed by atoms with Crippen LogP contribution >= 0.6 is 0 Å². The maximum Gasteiger partial charge on any atom is 0.150 e. The van der Waals surface area contributed by atoms with E-state index in [1.165, 1.54) is 19.1 Å². The van der Waals surface area contributed by atoms with Gasteiger partial charge >= 0.3 is 0 Å². The molecule has 0 aromatic rings. The highest BCUT2D eigenvalue weighted by Crippen LogP contribution is 2.44. The van der Waals surface area contributed by atoms with Crippen molar-refractivity contribution in [2.24, 2.45) is 5.41 Å². The summed E-state index contributed by atoms with van der Waals surface area (Å²) in [5.41, 5.74) is 0.512. The highest BCUT2D eigenvalue weighted by atomic mass is 32.2. The van der Waals surface area contributed by atoms with E-state index in [2.05, 4.69) is 12.2 Å². The number of hydrogen-bond donors (Lipinski definition) is 1. The van der Waals surface area contributed by atoms with Gasteiger partial charge in [-0.25, -0.2) is 8.42 Å². The lowest BCUT2D eigenvalue weighted by atomic mass is 9.94. The summed E-state index contributed by atoms with van der Waals surface area (Å²) in [7, 11) is -2.84. The molecule has 0 saturated heterocycles. The standard InChI is InChI=1S/C12H23NO2S/c1-12(6-7-12)9-13-10-4-3-5-11(8-10)16(2,14)15/h10-11,13H,3-9H2,1-2H3. The minimum atomic E-state index is -2.84. The van der Waals surface area contributed by atoms with Crippen molar-refractivity contribution in [3.63, 3.8) is 0 Å². The molecule has 0 bridgehead atoms. The molecule has 2 rings (SSSR count). The second-order valence-electron chi connectivity index (χ2n) is 6.01. The molecule has 2 atom stereocenters. The highest BCUT2D eigenvalue weighted by Gasteiger charge is 2.38. The van der Waals surface area contributed by atoms with Crippen LogP contribution in [-0.4, -0.2) is 32.5 Å². The Morgan fingerprint density at radius 1 is 1.31 bits per heavy atom. The van der Waals surface area contributed by atoms with Crippen LogP contribution in [0.5, 0.6) is 0 Å². The van der Waals surface area contributed by atoms with Crippen molar-refractivity contribution >= 4 is 9.84 Å². The normalized spacial score (nSPS) is 33.6. The third-order valence-electron chi connectivity index (χ3n) is 4.15. The lowest BCUT2D eigenvalue weighted by molar-refractivity contribution is 0.346. The van der Waals surface area contributed by atoms with E-state index in [0.29, 0.717) is 11.5 Å². The Kier molecular flexibility index (Phi) is 3.32. The molecule has 4 heteroatoms. The van der Waals surface area contributed by atoms with Gasteiger partial charge in [-0.05, 0) is 37.5 Å². The SMILES string of the molecule is CC1(CNC2CCCC(S(C)(=O)=O)C2)CC1. The lowest BCUT2D eigenvalue weighted by Crippen LogP contribution is -2.40. The molecule has 0 aromatic carbocycles. The van der Waals surface area contributed by atoms with Crippen LogP contribution in [-0.2, 0) is 9.84 Å². The molecule has 2 aliphatic carbocycles. The van der Waals surface area contributed by atoms with Crippen LogP contribution in [0.4, 0.5) is 0 Å². The van der Waals surface area contributed by atoms with E-state index in [0.717, 1.165) is 32.2 Å². The molecule has 2 unspecified atom stereocenters. The van der Waals surface area contributed by atoms with Crippen LogP contribution < -0.4 is 5.32 Å². The van der Waals surface area contributed by atoms with Crippen molar-refractivity contribution in [1.29, 1.82) is 0 Å². The van der Waals surface area contributed by atoms with Crippen molar-refractivity contribution in [1.82, 2.24) is 5.32 Å². The topological polar surface area (TPSA) is 46.2 Å². The smallest absolute Gasteiger partial charge is 0.150 e. The average Bonchev–Trinajstić information content (AvgIpc) is 2.94. The summed E-state index contributed by atoms with van der Waals surface area (Å²) in [5.74, 6) is 0. The lowest BCUT2D eigenvalue weighted by Gasteiger charge is -2.29. The van der Waals surface area contributed by atoms with Crippen LogP contribution in [0.2, 0.25) is 0 Å². The maximum atomic E-state index is 11.5. The van der Waals surface area contributed by atoms with Crippen LogP contribution in [0.15, 0.2) is 0 Å². The van der Waals surface area contributed by atoms with E-state index in [1.54, 1.807) is 0 Å². The molecule has 2 aliphatic rings. The third kappa shape index (κ3) is 3.20. The van der Waals surface area contributed by atoms with Gasteiger partial charge in [0.1, 0.15) is 9.84 Å². The fraction of sp³-hybridized carbons (Fsp3) is 1.00. The van der Waals surface area contributed by atoms with Gasteiger partial charge in [-0.3, -0.25) is 0 Å². The van der Waals surface area contributed by atoms with Crippen molar-refractivity contribution in [3.8, 4) is 0 Å². The number of rotatable bonds is 4. The molecule has 0 spiro atoms. The predicted molar refractivity (Wildman–Crippen MR) is 66.2 cm³/mol. The van der Waals surface area contributed by atoms with Gasteiger partial charge in [0.2, 0.25) is 0 Å². The molecule has 0 heterocycles. The van der Waals surface area contributed by atoms with Crippen LogP contribution in [0.1, 0.15) is 45.4 Å². The van der Waals surface area contributed by atoms with Crippen LogP contribution in [0.3, 0.4) is 0 Å². The summed E-state index contributed by atoms with van der Waals surface area (Å²) < 4.78 is 23.0. The molecule has 94 valence electrons. The highest BCUT2D eigenvalue weighted by molar-refractivity contribution is 7.91. The summed E-state index contributed by atoms with van der Waals surface area (Å²) in [5, 5.41) is 3.46. The largest absolute Gasteiger partial charge is 0.313 e. The zero-order chi connectivity index (χ0) is 11.8. The van der Waals surface area contributed by atoms with E-state index in [4.69, 9.17) is 0 Å². The molecule has 16 heavy (non-hydrogen) atoms. The Balaban J connectivity index is 1.82.